The number of benzene rings is 1. The van der Waals surface area contributed by atoms with Gasteiger partial charge in [-0.3, -0.25) is 9.59 Å². The van der Waals surface area contributed by atoms with E-state index in [-0.39, 0.29) is 23.6 Å². The second kappa shape index (κ2) is 10.1. The van der Waals surface area contributed by atoms with Crippen molar-refractivity contribution >= 4 is 23.4 Å². The molecule has 1 aliphatic heterocycles. The molecule has 188 valence electrons. The van der Waals surface area contributed by atoms with Gasteiger partial charge in [0.15, 0.2) is 0 Å². The SMILES string of the molecule is COC(=O)c1[nH]c(C)c(/C(O)=C2/C(=O)C(=O)N(CCCn3ccnc3)C2c2cccc(OC)c2)c1C. The first-order valence-corrected chi connectivity index (χ1v) is 11.4. The molecule has 4 rings (SSSR count). The molecule has 0 spiro atoms. The Bertz CT molecular complexity index is 1340. The fourth-order valence-electron chi connectivity index (χ4n) is 4.66. The van der Waals surface area contributed by atoms with Crippen LogP contribution < -0.4 is 4.74 Å². The number of amides is 1. The van der Waals surface area contributed by atoms with Crippen molar-refractivity contribution in [3.05, 3.63) is 76.6 Å². The van der Waals surface area contributed by atoms with Crippen LogP contribution in [0.25, 0.3) is 5.76 Å². The summed E-state index contributed by atoms with van der Waals surface area (Å²) in [6, 6.07) is 6.22. The lowest BCUT2D eigenvalue weighted by molar-refractivity contribution is -0.139. The van der Waals surface area contributed by atoms with Crippen LogP contribution in [0.2, 0.25) is 0 Å². The monoisotopic (exact) mass is 492 g/mol. The summed E-state index contributed by atoms with van der Waals surface area (Å²) < 4.78 is 12.1. The topological polar surface area (TPSA) is 127 Å². The maximum absolute atomic E-state index is 13.3. The number of aliphatic hydroxyl groups is 1. The van der Waals surface area contributed by atoms with Crippen molar-refractivity contribution in [2.45, 2.75) is 32.9 Å². The standard InChI is InChI=1S/C26H28N4O6/c1-15-19(16(2)28-21(15)26(34)36-4)23(31)20-22(17-7-5-8-18(13-17)35-3)30(25(33)24(20)32)11-6-10-29-12-9-27-14-29/h5,7-9,12-14,22,28,31H,6,10-11H2,1-4H3/b23-20-. The van der Waals surface area contributed by atoms with E-state index in [4.69, 9.17) is 9.47 Å². The van der Waals surface area contributed by atoms with Crippen molar-refractivity contribution in [1.82, 2.24) is 19.4 Å². The highest BCUT2D eigenvalue weighted by atomic mass is 16.5. The Morgan fingerprint density at radius 2 is 1.97 bits per heavy atom. The van der Waals surface area contributed by atoms with Gasteiger partial charge in [-0.05, 0) is 43.5 Å². The summed E-state index contributed by atoms with van der Waals surface area (Å²) in [5.41, 5.74) is 1.94. The highest BCUT2D eigenvalue weighted by Crippen LogP contribution is 2.41. The predicted molar refractivity (Wildman–Crippen MR) is 130 cm³/mol. The Morgan fingerprint density at radius 1 is 1.19 bits per heavy atom. The number of aromatic nitrogens is 3. The molecule has 10 nitrogen and oxygen atoms in total. The fourth-order valence-corrected chi connectivity index (χ4v) is 4.66. The first-order chi connectivity index (χ1) is 17.3. The van der Waals surface area contributed by atoms with Crippen LogP contribution in [0.4, 0.5) is 0 Å². The number of Topliss-reactive ketones (excluding diaryl/α,β-unsaturated/α-hetero) is 1. The number of nitrogens with one attached hydrogen (secondary N) is 1. The first kappa shape index (κ1) is 24.8. The van der Waals surface area contributed by atoms with E-state index in [0.717, 1.165) is 0 Å². The summed E-state index contributed by atoms with van der Waals surface area (Å²) in [5.74, 6) is -1.88. The number of ketones is 1. The van der Waals surface area contributed by atoms with Crippen LogP contribution in [0.15, 0.2) is 48.6 Å². The van der Waals surface area contributed by atoms with Crippen LogP contribution in [0.3, 0.4) is 0 Å². The Morgan fingerprint density at radius 3 is 2.64 bits per heavy atom. The minimum absolute atomic E-state index is 0.0440. The van der Waals surface area contributed by atoms with Gasteiger partial charge in [0.2, 0.25) is 0 Å². The number of H-pyrrole nitrogens is 1. The average molecular weight is 493 g/mol. The van der Waals surface area contributed by atoms with E-state index in [1.807, 2.05) is 10.8 Å². The number of carbonyl (C=O) groups is 3. The van der Waals surface area contributed by atoms with E-state index in [9.17, 15) is 19.5 Å². The summed E-state index contributed by atoms with van der Waals surface area (Å²) >= 11 is 0. The second-order valence-corrected chi connectivity index (χ2v) is 8.54. The third-order valence-corrected chi connectivity index (χ3v) is 6.39. The van der Waals surface area contributed by atoms with Gasteiger partial charge < -0.3 is 29.0 Å². The van der Waals surface area contributed by atoms with E-state index in [1.165, 1.54) is 19.1 Å². The number of hydrogen-bond acceptors (Lipinski definition) is 7. The van der Waals surface area contributed by atoms with Crippen molar-refractivity contribution in [3.8, 4) is 5.75 Å². The maximum Gasteiger partial charge on any atom is 0.354 e. The molecular formula is C26H28N4O6. The predicted octanol–water partition coefficient (Wildman–Crippen LogP) is 3.14. The zero-order valence-electron chi connectivity index (χ0n) is 20.6. The maximum atomic E-state index is 13.3. The summed E-state index contributed by atoms with van der Waals surface area (Å²) in [7, 11) is 2.79. The van der Waals surface area contributed by atoms with E-state index in [2.05, 4.69) is 9.97 Å². The van der Waals surface area contributed by atoms with Crippen molar-refractivity contribution in [2.24, 2.45) is 0 Å². The lowest BCUT2D eigenvalue weighted by Crippen LogP contribution is -2.31. The molecule has 1 amide bonds. The highest BCUT2D eigenvalue weighted by molar-refractivity contribution is 6.46. The van der Waals surface area contributed by atoms with E-state index in [0.29, 0.717) is 41.1 Å². The number of aryl methyl sites for hydroxylation is 2. The number of hydrogen-bond donors (Lipinski definition) is 2. The molecule has 1 aromatic carbocycles. The minimum atomic E-state index is -0.835. The fraction of sp³-hybridized carbons (Fsp3) is 0.308. The molecule has 2 N–H and O–H groups in total. The molecule has 3 aromatic rings. The summed E-state index contributed by atoms with van der Waals surface area (Å²) in [4.78, 5) is 47.1. The number of esters is 1. The lowest BCUT2D eigenvalue weighted by atomic mass is 9.94. The summed E-state index contributed by atoms with van der Waals surface area (Å²) in [6.45, 7) is 4.20. The zero-order chi connectivity index (χ0) is 26.0. The number of aromatic amines is 1. The van der Waals surface area contributed by atoms with Gasteiger partial charge >= 0.3 is 5.97 Å². The molecule has 1 fully saturated rings. The molecule has 1 saturated heterocycles. The first-order valence-electron chi connectivity index (χ1n) is 11.4. The van der Waals surface area contributed by atoms with Gasteiger partial charge in [0, 0.05) is 36.7 Å². The zero-order valence-corrected chi connectivity index (χ0v) is 20.6. The van der Waals surface area contributed by atoms with Crippen LogP contribution in [-0.2, 0) is 20.9 Å². The summed E-state index contributed by atoms with van der Waals surface area (Å²) in [5, 5.41) is 11.5. The molecule has 36 heavy (non-hydrogen) atoms. The molecular weight excluding hydrogens is 464 g/mol. The quantitative estimate of drug-likeness (QED) is 0.214. The van der Waals surface area contributed by atoms with Crippen LogP contribution >= 0.6 is 0 Å². The smallest absolute Gasteiger partial charge is 0.354 e. The highest BCUT2D eigenvalue weighted by Gasteiger charge is 2.46. The van der Waals surface area contributed by atoms with Gasteiger partial charge in [-0.25, -0.2) is 9.78 Å². The number of methoxy groups -OCH3 is 2. The van der Waals surface area contributed by atoms with Crippen LogP contribution in [0.5, 0.6) is 5.75 Å². The van der Waals surface area contributed by atoms with Gasteiger partial charge in [-0.2, -0.15) is 0 Å². The molecule has 10 heteroatoms. The van der Waals surface area contributed by atoms with E-state index >= 15 is 0 Å². The number of aliphatic hydroxyl groups excluding tert-OH is 1. The Balaban J connectivity index is 1.81. The normalized spacial score (nSPS) is 17.0. The Hall–Kier alpha value is -4.34. The molecule has 0 bridgehead atoms. The van der Waals surface area contributed by atoms with Crippen molar-refractivity contribution in [3.63, 3.8) is 0 Å². The van der Waals surface area contributed by atoms with Crippen molar-refractivity contribution in [1.29, 1.82) is 0 Å². The van der Waals surface area contributed by atoms with Gasteiger partial charge in [0.25, 0.3) is 11.7 Å². The Kier molecular flexibility index (Phi) is 6.96. The molecule has 3 heterocycles. The molecule has 1 atom stereocenters. The molecule has 2 aromatic heterocycles. The largest absolute Gasteiger partial charge is 0.507 e. The van der Waals surface area contributed by atoms with Crippen LogP contribution in [0, 0.1) is 13.8 Å². The van der Waals surface area contributed by atoms with Gasteiger partial charge in [0.1, 0.15) is 17.2 Å². The number of ether oxygens (including phenoxy) is 2. The molecule has 1 unspecified atom stereocenters. The molecule has 0 saturated carbocycles. The number of carbonyl (C=O) groups excluding carboxylic acids is 3. The average Bonchev–Trinajstić information content (AvgIpc) is 3.57. The molecule has 1 aliphatic rings. The molecule has 0 radical (unpaired) electrons. The third kappa shape index (κ3) is 4.37. The Labute approximate surface area is 208 Å². The van der Waals surface area contributed by atoms with Gasteiger partial charge in [-0.15, -0.1) is 0 Å². The summed E-state index contributed by atoms with van der Waals surface area (Å²) in [6.07, 6.45) is 5.75. The number of likely N-dealkylation sites (tertiary alicyclic amines) is 1. The number of imidazole rings is 1. The third-order valence-electron chi connectivity index (χ3n) is 6.39. The minimum Gasteiger partial charge on any atom is -0.507 e. The van der Waals surface area contributed by atoms with Gasteiger partial charge in [-0.1, -0.05) is 12.1 Å². The van der Waals surface area contributed by atoms with Crippen LogP contribution in [0.1, 0.15) is 45.3 Å². The number of nitrogens with zero attached hydrogens (tertiary/aromatic N) is 3. The van der Waals surface area contributed by atoms with Crippen LogP contribution in [-0.4, -0.2) is 63.0 Å². The van der Waals surface area contributed by atoms with Gasteiger partial charge in [0.05, 0.1) is 32.2 Å². The van der Waals surface area contributed by atoms with E-state index in [1.54, 1.807) is 50.6 Å². The number of rotatable bonds is 8. The van der Waals surface area contributed by atoms with Crippen molar-refractivity contribution in [2.75, 3.05) is 20.8 Å². The molecule has 0 aliphatic carbocycles. The second-order valence-electron chi connectivity index (χ2n) is 8.54. The van der Waals surface area contributed by atoms with Crippen molar-refractivity contribution < 1.29 is 29.0 Å². The lowest BCUT2D eigenvalue weighted by Gasteiger charge is -2.25. The van der Waals surface area contributed by atoms with E-state index < -0.39 is 23.7 Å².